The van der Waals surface area contributed by atoms with E-state index in [4.69, 9.17) is 15.6 Å². The minimum absolute atomic E-state index is 0.000404. The second-order valence-electron chi connectivity index (χ2n) is 6.39. The van der Waals surface area contributed by atoms with E-state index in [1.807, 2.05) is 29.2 Å². The van der Waals surface area contributed by atoms with Crippen molar-refractivity contribution in [2.75, 3.05) is 52.5 Å². The van der Waals surface area contributed by atoms with Crippen LogP contribution in [0.3, 0.4) is 0 Å². The number of hydrogen-bond donors (Lipinski definition) is 2. The van der Waals surface area contributed by atoms with Gasteiger partial charge in [0, 0.05) is 39.1 Å². The summed E-state index contributed by atoms with van der Waals surface area (Å²) in [6.07, 6.45) is 0.480. The second kappa shape index (κ2) is 9.38. The summed E-state index contributed by atoms with van der Waals surface area (Å²) >= 11 is 1.60. The number of carbonyl (C=O) groups is 1. The number of aliphatic hydroxyl groups is 1. The van der Waals surface area contributed by atoms with Crippen LogP contribution in [-0.2, 0) is 16.0 Å². The number of fused-ring (bicyclic) bond motifs is 1. The maximum absolute atomic E-state index is 12.6. The topological polar surface area (TPSA) is 91.9 Å². The van der Waals surface area contributed by atoms with Crippen LogP contribution in [-0.4, -0.2) is 84.4 Å². The van der Waals surface area contributed by atoms with E-state index in [0.717, 1.165) is 34.9 Å². The maximum atomic E-state index is 12.6. The lowest BCUT2D eigenvalue weighted by Gasteiger charge is -2.35. The van der Waals surface area contributed by atoms with Crippen molar-refractivity contribution in [2.24, 2.45) is 5.73 Å². The molecule has 2 aromatic rings. The maximum Gasteiger partial charge on any atom is 0.240 e. The van der Waals surface area contributed by atoms with E-state index in [1.165, 1.54) is 0 Å². The molecular weight excluding hydrogens is 352 g/mol. The highest BCUT2D eigenvalue weighted by Gasteiger charge is 2.26. The van der Waals surface area contributed by atoms with Gasteiger partial charge >= 0.3 is 0 Å². The zero-order chi connectivity index (χ0) is 18.4. The Balaban J connectivity index is 1.45. The fraction of sp³-hybridized carbons (Fsp3) is 0.556. The lowest BCUT2D eigenvalue weighted by Crippen LogP contribution is -2.54. The Hall–Kier alpha value is -1.58. The number of amides is 1. The van der Waals surface area contributed by atoms with Gasteiger partial charge in [-0.2, -0.15) is 0 Å². The number of benzene rings is 1. The minimum atomic E-state index is -0.546. The Labute approximate surface area is 157 Å². The van der Waals surface area contributed by atoms with Gasteiger partial charge < -0.3 is 20.5 Å². The molecule has 1 aliphatic rings. The molecule has 0 bridgehead atoms. The smallest absolute Gasteiger partial charge is 0.240 e. The van der Waals surface area contributed by atoms with E-state index in [-0.39, 0.29) is 12.5 Å². The van der Waals surface area contributed by atoms with Gasteiger partial charge in [-0.15, -0.1) is 11.3 Å². The van der Waals surface area contributed by atoms with Crippen molar-refractivity contribution >= 4 is 27.5 Å². The molecule has 0 saturated carbocycles. The first-order valence-corrected chi connectivity index (χ1v) is 9.79. The van der Waals surface area contributed by atoms with Crippen molar-refractivity contribution in [1.82, 2.24) is 14.8 Å². The van der Waals surface area contributed by atoms with Gasteiger partial charge in [0.05, 0.1) is 41.1 Å². The van der Waals surface area contributed by atoms with E-state index in [2.05, 4.69) is 9.88 Å². The first kappa shape index (κ1) is 19.2. The summed E-state index contributed by atoms with van der Waals surface area (Å²) in [5.41, 5.74) is 7.13. The van der Waals surface area contributed by atoms with Gasteiger partial charge in [-0.05, 0) is 12.1 Å². The number of piperazine rings is 1. The fourth-order valence-corrected chi connectivity index (χ4v) is 4.09. The number of ether oxygens (including phenoxy) is 1. The first-order chi connectivity index (χ1) is 12.7. The molecule has 1 saturated heterocycles. The summed E-state index contributed by atoms with van der Waals surface area (Å²) in [5, 5.41) is 9.61. The molecule has 3 rings (SSSR count). The molecule has 1 amide bonds. The lowest BCUT2D eigenvalue weighted by atomic mass is 10.2. The van der Waals surface area contributed by atoms with E-state index in [1.54, 1.807) is 11.3 Å². The number of aromatic nitrogens is 1. The number of thiazole rings is 1. The predicted molar refractivity (Wildman–Crippen MR) is 102 cm³/mol. The zero-order valence-corrected chi connectivity index (χ0v) is 15.7. The molecule has 1 aromatic carbocycles. The number of rotatable bonds is 8. The quantitative estimate of drug-likeness (QED) is 0.643. The van der Waals surface area contributed by atoms with Gasteiger partial charge in [0.15, 0.2) is 0 Å². The molecule has 8 heteroatoms. The molecule has 1 fully saturated rings. The van der Waals surface area contributed by atoms with Crippen LogP contribution in [0.15, 0.2) is 24.3 Å². The molecule has 0 aliphatic carbocycles. The molecular formula is C18H26N4O3S. The van der Waals surface area contributed by atoms with Crippen LogP contribution in [0.4, 0.5) is 0 Å². The van der Waals surface area contributed by atoms with Crippen molar-refractivity contribution in [3.05, 3.63) is 29.3 Å². The van der Waals surface area contributed by atoms with Crippen molar-refractivity contribution < 1.29 is 14.6 Å². The van der Waals surface area contributed by atoms with Gasteiger partial charge in [0.1, 0.15) is 0 Å². The average molecular weight is 378 g/mol. The van der Waals surface area contributed by atoms with Gasteiger partial charge in [0.25, 0.3) is 0 Å². The molecule has 1 aliphatic heterocycles. The normalized spacial score (nSPS) is 16.9. The largest absolute Gasteiger partial charge is 0.394 e. The Morgan fingerprint density at radius 2 is 2.04 bits per heavy atom. The van der Waals surface area contributed by atoms with Crippen LogP contribution >= 0.6 is 11.3 Å². The monoisotopic (exact) mass is 378 g/mol. The van der Waals surface area contributed by atoms with E-state index in [0.29, 0.717) is 32.7 Å². The van der Waals surface area contributed by atoms with E-state index < -0.39 is 6.04 Å². The Morgan fingerprint density at radius 3 is 2.77 bits per heavy atom. The van der Waals surface area contributed by atoms with Gasteiger partial charge in [0.2, 0.25) is 5.91 Å². The van der Waals surface area contributed by atoms with Crippen LogP contribution in [0.1, 0.15) is 5.01 Å². The standard InChI is InChI=1S/C18H26N4O3S/c19-14(13-17-20-15-3-1-2-4-16(15)26-17)18(24)22-7-5-21(6-8-22)9-11-25-12-10-23/h1-4,14,23H,5-13,19H2/t14-/m0/s1. The number of carbonyl (C=O) groups excluding carboxylic acids is 1. The predicted octanol–water partition coefficient (Wildman–Crippen LogP) is 0.319. The first-order valence-electron chi connectivity index (χ1n) is 8.97. The van der Waals surface area contributed by atoms with E-state index in [9.17, 15) is 4.79 Å². The number of hydrogen-bond acceptors (Lipinski definition) is 7. The molecule has 1 atom stereocenters. The summed E-state index contributed by atoms with van der Waals surface area (Å²) in [6, 6.07) is 7.42. The number of para-hydroxylation sites is 1. The molecule has 0 radical (unpaired) electrons. The number of aliphatic hydroxyl groups excluding tert-OH is 1. The number of nitrogens with zero attached hydrogens (tertiary/aromatic N) is 3. The van der Waals surface area contributed by atoms with Crippen molar-refractivity contribution in [3.8, 4) is 0 Å². The minimum Gasteiger partial charge on any atom is -0.394 e. The van der Waals surface area contributed by atoms with Gasteiger partial charge in [-0.3, -0.25) is 9.69 Å². The SMILES string of the molecule is N[C@@H](Cc1nc2ccccc2s1)C(=O)N1CCN(CCOCCO)CC1. The third-order valence-electron chi connectivity index (χ3n) is 4.52. The highest BCUT2D eigenvalue weighted by atomic mass is 32.1. The van der Waals surface area contributed by atoms with Crippen LogP contribution in [0.2, 0.25) is 0 Å². The molecule has 1 aromatic heterocycles. The Morgan fingerprint density at radius 1 is 1.27 bits per heavy atom. The van der Waals surface area contributed by atoms with E-state index >= 15 is 0 Å². The van der Waals surface area contributed by atoms with Crippen molar-refractivity contribution in [1.29, 1.82) is 0 Å². The molecule has 142 valence electrons. The summed E-state index contributed by atoms with van der Waals surface area (Å²) < 4.78 is 6.42. The summed E-state index contributed by atoms with van der Waals surface area (Å²) in [5.74, 6) is 0.000404. The zero-order valence-electron chi connectivity index (χ0n) is 14.8. The van der Waals surface area contributed by atoms with Gasteiger partial charge in [-0.1, -0.05) is 12.1 Å². The van der Waals surface area contributed by atoms with Crippen molar-refractivity contribution in [3.63, 3.8) is 0 Å². The Bertz CT molecular complexity index is 682. The third-order valence-corrected chi connectivity index (χ3v) is 5.58. The number of nitrogens with two attached hydrogens (primary N) is 1. The molecule has 0 spiro atoms. The average Bonchev–Trinajstić information content (AvgIpc) is 3.07. The third kappa shape index (κ3) is 4.99. The van der Waals surface area contributed by atoms with Crippen LogP contribution < -0.4 is 5.73 Å². The Kier molecular flexibility index (Phi) is 6.93. The summed E-state index contributed by atoms with van der Waals surface area (Å²) in [6.45, 7) is 4.86. The molecule has 26 heavy (non-hydrogen) atoms. The summed E-state index contributed by atoms with van der Waals surface area (Å²) in [4.78, 5) is 21.3. The van der Waals surface area contributed by atoms with Crippen molar-refractivity contribution in [2.45, 2.75) is 12.5 Å². The second-order valence-corrected chi connectivity index (χ2v) is 7.50. The molecule has 0 unspecified atom stereocenters. The molecule has 2 heterocycles. The van der Waals surface area contributed by atoms with Crippen LogP contribution in [0, 0.1) is 0 Å². The van der Waals surface area contributed by atoms with Crippen LogP contribution in [0.5, 0.6) is 0 Å². The van der Waals surface area contributed by atoms with Gasteiger partial charge in [-0.25, -0.2) is 4.98 Å². The molecule has 3 N–H and O–H groups in total. The van der Waals surface area contributed by atoms with Crippen LogP contribution in [0.25, 0.3) is 10.2 Å². The highest BCUT2D eigenvalue weighted by molar-refractivity contribution is 7.18. The summed E-state index contributed by atoms with van der Waals surface area (Å²) in [7, 11) is 0. The fourth-order valence-electron chi connectivity index (χ4n) is 3.07. The lowest BCUT2D eigenvalue weighted by molar-refractivity contribution is -0.134. The highest BCUT2D eigenvalue weighted by Crippen LogP contribution is 2.22. The molecule has 7 nitrogen and oxygen atoms in total.